The predicted octanol–water partition coefficient (Wildman–Crippen LogP) is 4.52. The van der Waals surface area contributed by atoms with Crippen LogP contribution in [0.25, 0.3) is 0 Å². The highest BCUT2D eigenvalue weighted by Gasteiger charge is 2.19. The second-order valence-corrected chi connectivity index (χ2v) is 7.12. The maximum absolute atomic E-state index is 12.5. The van der Waals surface area contributed by atoms with Crippen LogP contribution in [0.5, 0.6) is 0 Å². The van der Waals surface area contributed by atoms with Crippen molar-refractivity contribution in [1.82, 2.24) is 4.90 Å². The third kappa shape index (κ3) is 4.82. The van der Waals surface area contributed by atoms with Gasteiger partial charge in [-0.1, -0.05) is 18.2 Å². The monoisotopic (exact) mass is 358 g/mol. The van der Waals surface area contributed by atoms with E-state index in [0.717, 1.165) is 10.5 Å². The molecule has 0 aromatic heterocycles. The highest BCUT2D eigenvalue weighted by atomic mass is 32.2. The first kappa shape index (κ1) is 19.0. The molecule has 0 saturated carbocycles. The second kappa shape index (κ2) is 8.16. The predicted molar refractivity (Wildman–Crippen MR) is 101 cm³/mol. The van der Waals surface area contributed by atoms with E-state index in [9.17, 15) is 14.9 Å². The van der Waals surface area contributed by atoms with Crippen molar-refractivity contribution in [2.75, 3.05) is 12.8 Å². The van der Waals surface area contributed by atoms with E-state index in [1.807, 2.05) is 13.0 Å². The summed E-state index contributed by atoms with van der Waals surface area (Å²) >= 11 is 1.50. The van der Waals surface area contributed by atoms with Gasteiger partial charge in [0, 0.05) is 24.1 Å². The Labute approximate surface area is 152 Å². The lowest BCUT2D eigenvalue weighted by Gasteiger charge is -2.25. The Bertz CT molecular complexity index is 792. The zero-order chi connectivity index (χ0) is 18.6. The molecule has 1 atom stereocenters. The first-order valence-electron chi connectivity index (χ1n) is 7.99. The van der Waals surface area contributed by atoms with Crippen molar-refractivity contribution in [2.45, 2.75) is 31.7 Å². The number of carbonyl (C=O) groups is 1. The lowest BCUT2D eigenvalue weighted by molar-refractivity contribution is -0.384. The fraction of sp³-hybridized carbons (Fsp3) is 0.316. The second-order valence-electron chi connectivity index (χ2n) is 6.07. The van der Waals surface area contributed by atoms with Crippen molar-refractivity contribution >= 4 is 23.4 Å². The Hall–Kier alpha value is -2.34. The van der Waals surface area contributed by atoms with Crippen LogP contribution in [0.4, 0.5) is 5.69 Å². The van der Waals surface area contributed by atoms with Crippen molar-refractivity contribution in [3.05, 3.63) is 69.3 Å². The fourth-order valence-corrected chi connectivity index (χ4v) is 3.31. The first-order chi connectivity index (χ1) is 11.8. The minimum absolute atomic E-state index is 0.0118. The summed E-state index contributed by atoms with van der Waals surface area (Å²) in [5.41, 5.74) is 3.22. The summed E-state index contributed by atoms with van der Waals surface area (Å²) in [6.45, 7) is 5.98. The van der Waals surface area contributed by atoms with E-state index in [-0.39, 0.29) is 17.6 Å². The molecule has 2 aromatic rings. The summed E-state index contributed by atoms with van der Waals surface area (Å²) in [4.78, 5) is 25.7. The first-order valence-corrected chi connectivity index (χ1v) is 8.98. The number of benzene rings is 2. The van der Waals surface area contributed by atoms with E-state index in [2.05, 4.69) is 26.0 Å². The highest BCUT2D eigenvalue weighted by Crippen LogP contribution is 2.25. The van der Waals surface area contributed by atoms with E-state index >= 15 is 0 Å². The molecular weight excluding hydrogens is 336 g/mol. The molecule has 0 heterocycles. The Morgan fingerprint density at radius 1 is 1.20 bits per heavy atom. The van der Waals surface area contributed by atoms with Crippen LogP contribution < -0.4 is 0 Å². The van der Waals surface area contributed by atoms with Crippen LogP contribution in [0.3, 0.4) is 0 Å². The van der Waals surface area contributed by atoms with Crippen molar-refractivity contribution < 1.29 is 9.72 Å². The topological polar surface area (TPSA) is 63.5 Å². The molecule has 132 valence electrons. The number of hydrogen-bond donors (Lipinski definition) is 0. The molecule has 0 aliphatic heterocycles. The number of carbonyl (C=O) groups excluding carboxylic acids is 1. The van der Waals surface area contributed by atoms with Gasteiger partial charge in [0.15, 0.2) is 0 Å². The van der Waals surface area contributed by atoms with Crippen molar-refractivity contribution in [3.63, 3.8) is 0 Å². The molecule has 2 rings (SSSR count). The summed E-state index contributed by atoms with van der Waals surface area (Å²) < 4.78 is 0. The van der Waals surface area contributed by atoms with Crippen LogP contribution in [0.15, 0.2) is 47.4 Å². The maximum Gasteiger partial charge on any atom is 0.269 e. The molecule has 0 saturated heterocycles. The number of nitro benzene ring substituents is 1. The molecule has 25 heavy (non-hydrogen) atoms. The molecule has 0 unspecified atom stereocenters. The van der Waals surface area contributed by atoms with Crippen LogP contribution in [0.2, 0.25) is 0 Å². The van der Waals surface area contributed by atoms with Gasteiger partial charge in [-0.05, 0) is 49.6 Å². The van der Waals surface area contributed by atoms with Crippen molar-refractivity contribution in [3.8, 4) is 0 Å². The fourth-order valence-electron chi connectivity index (χ4n) is 2.39. The van der Waals surface area contributed by atoms with Crippen molar-refractivity contribution in [2.24, 2.45) is 0 Å². The summed E-state index contributed by atoms with van der Waals surface area (Å²) in [5, 5.41) is 10.9. The summed E-state index contributed by atoms with van der Waals surface area (Å²) in [6, 6.07) is 12.3. The average molecular weight is 358 g/mol. The van der Waals surface area contributed by atoms with Gasteiger partial charge in [-0.3, -0.25) is 14.9 Å². The molecule has 2 aromatic carbocycles. The molecule has 0 bridgehead atoms. The standard InChI is InChI=1S/C19H22N2O3S/c1-13-8-9-18(10-14(13)2)25-12-19(22)20(4)15(3)16-6-5-7-17(11-16)21(23)24/h5-11,15H,12H2,1-4H3/t15-/m1/s1. The van der Waals surface area contributed by atoms with Gasteiger partial charge in [0.05, 0.1) is 16.7 Å². The van der Waals surface area contributed by atoms with Gasteiger partial charge in [-0.15, -0.1) is 11.8 Å². The van der Waals surface area contributed by atoms with Crippen LogP contribution in [0.1, 0.15) is 29.7 Å². The van der Waals surface area contributed by atoms with Gasteiger partial charge in [0.1, 0.15) is 0 Å². The highest BCUT2D eigenvalue weighted by molar-refractivity contribution is 8.00. The molecule has 5 nitrogen and oxygen atoms in total. The molecule has 1 amide bonds. The number of nitrogens with zero attached hydrogens (tertiary/aromatic N) is 2. The summed E-state index contributed by atoms with van der Waals surface area (Å²) in [5.74, 6) is 0.320. The average Bonchev–Trinajstić information content (AvgIpc) is 2.61. The van der Waals surface area contributed by atoms with Crippen LogP contribution in [-0.4, -0.2) is 28.5 Å². The molecule has 6 heteroatoms. The Kier molecular flexibility index (Phi) is 6.20. The number of rotatable bonds is 6. The Morgan fingerprint density at radius 3 is 2.56 bits per heavy atom. The minimum atomic E-state index is -0.423. The third-order valence-electron chi connectivity index (χ3n) is 4.38. The lowest BCUT2D eigenvalue weighted by atomic mass is 10.1. The SMILES string of the molecule is Cc1ccc(SCC(=O)N(C)[C@H](C)c2cccc([N+](=O)[O-])c2)cc1C. The number of thioether (sulfide) groups is 1. The molecular formula is C19H22N2O3S. The van der Waals surface area contributed by atoms with E-state index in [0.29, 0.717) is 5.75 Å². The molecule has 0 aliphatic carbocycles. The number of nitro groups is 1. The van der Waals surface area contributed by atoms with Gasteiger partial charge >= 0.3 is 0 Å². The smallest absolute Gasteiger partial charge is 0.269 e. The van der Waals surface area contributed by atoms with Gasteiger partial charge in [-0.25, -0.2) is 0 Å². The molecule has 0 radical (unpaired) electrons. The van der Waals surface area contributed by atoms with Crippen LogP contribution >= 0.6 is 11.8 Å². The lowest BCUT2D eigenvalue weighted by Crippen LogP contribution is -2.31. The molecule has 0 N–H and O–H groups in total. The largest absolute Gasteiger partial charge is 0.338 e. The minimum Gasteiger partial charge on any atom is -0.338 e. The van der Waals surface area contributed by atoms with Crippen LogP contribution in [0, 0.1) is 24.0 Å². The normalized spacial score (nSPS) is 11.8. The molecule has 0 aliphatic rings. The van der Waals surface area contributed by atoms with E-state index < -0.39 is 4.92 Å². The Morgan fingerprint density at radius 2 is 1.92 bits per heavy atom. The summed E-state index contributed by atoms with van der Waals surface area (Å²) in [7, 11) is 1.73. The van der Waals surface area contributed by atoms with Gasteiger partial charge < -0.3 is 4.90 Å². The van der Waals surface area contributed by atoms with E-state index in [4.69, 9.17) is 0 Å². The van der Waals surface area contributed by atoms with Gasteiger partial charge in [-0.2, -0.15) is 0 Å². The number of hydrogen-bond acceptors (Lipinski definition) is 4. The zero-order valence-electron chi connectivity index (χ0n) is 14.9. The summed E-state index contributed by atoms with van der Waals surface area (Å²) in [6.07, 6.45) is 0. The number of non-ortho nitro benzene ring substituents is 1. The third-order valence-corrected chi connectivity index (χ3v) is 5.36. The van der Waals surface area contributed by atoms with E-state index in [1.165, 1.54) is 35.0 Å². The van der Waals surface area contributed by atoms with Crippen LogP contribution in [-0.2, 0) is 4.79 Å². The van der Waals surface area contributed by atoms with Gasteiger partial charge in [0.2, 0.25) is 5.91 Å². The zero-order valence-corrected chi connectivity index (χ0v) is 15.7. The molecule has 0 spiro atoms. The molecule has 0 fully saturated rings. The maximum atomic E-state index is 12.5. The van der Waals surface area contributed by atoms with E-state index in [1.54, 1.807) is 24.1 Å². The Balaban J connectivity index is 2.02. The quantitative estimate of drug-likeness (QED) is 0.432. The van der Waals surface area contributed by atoms with Crippen molar-refractivity contribution in [1.29, 1.82) is 0 Å². The van der Waals surface area contributed by atoms with Gasteiger partial charge in [0.25, 0.3) is 5.69 Å². The number of amides is 1. The number of aryl methyl sites for hydroxylation is 2.